The normalized spacial score (nSPS) is 15.7. The fourth-order valence-electron chi connectivity index (χ4n) is 3.31. The number of amides is 1. The summed E-state index contributed by atoms with van der Waals surface area (Å²) in [6, 6.07) is 13.8. The molecule has 1 aliphatic rings. The van der Waals surface area contributed by atoms with E-state index in [1.54, 1.807) is 0 Å². The first-order valence-corrected chi connectivity index (χ1v) is 10.3. The number of carbonyl (C=O) groups excluding carboxylic acids is 1. The molecule has 0 saturated heterocycles. The molecular formula is C22H26BrNO3. The van der Waals surface area contributed by atoms with Crippen molar-refractivity contribution in [2.45, 2.75) is 45.1 Å². The minimum absolute atomic E-state index is 0.0833. The third kappa shape index (κ3) is 4.29. The fraction of sp³-hybridized carbons (Fsp3) is 0.409. The van der Waals surface area contributed by atoms with Crippen LogP contribution in [0.15, 0.2) is 46.9 Å². The Morgan fingerprint density at radius 1 is 1.11 bits per heavy atom. The largest absolute Gasteiger partial charge is 0.490 e. The second kappa shape index (κ2) is 8.34. The molecule has 0 spiro atoms. The number of rotatable bonds is 8. The highest BCUT2D eigenvalue weighted by Gasteiger charge is 2.51. The van der Waals surface area contributed by atoms with Gasteiger partial charge in [-0.2, -0.15) is 0 Å². The monoisotopic (exact) mass is 431 g/mol. The molecule has 1 atom stereocenters. The van der Waals surface area contributed by atoms with Crippen LogP contribution in [0.3, 0.4) is 0 Å². The molecule has 0 heterocycles. The van der Waals surface area contributed by atoms with Crippen molar-refractivity contribution in [3.8, 4) is 11.5 Å². The van der Waals surface area contributed by atoms with Gasteiger partial charge in [-0.05, 0) is 69.0 Å². The quantitative estimate of drug-likeness (QED) is 0.627. The zero-order chi connectivity index (χ0) is 19.4. The molecule has 2 aromatic rings. The lowest BCUT2D eigenvalue weighted by Gasteiger charge is -2.21. The molecule has 1 saturated carbocycles. The zero-order valence-corrected chi connectivity index (χ0v) is 17.6. The first kappa shape index (κ1) is 19.7. The molecule has 4 nitrogen and oxygen atoms in total. The first-order chi connectivity index (χ1) is 13.0. The minimum Gasteiger partial charge on any atom is -0.490 e. The van der Waals surface area contributed by atoms with E-state index in [1.165, 1.54) is 0 Å². The molecule has 27 heavy (non-hydrogen) atoms. The van der Waals surface area contributed by atoms with E-state index in [0.29, 0.717) is 19.0 Å². The fourth-order valence-corrected chi connectivity index (χ4v) is 3.71. The maximum absolute atomic E-state index is 13.0. The zero-order valence-electron chi connectivity index (χ0n) is 16.0. The van der Waals surface area contributed by atoms with Gasteiger partial charge in [0, 0.05) is 4.47 Å². The van der Waals surface area contributed by atoms with Crippen molar-refractivity contribution in [2.24, 2.45) is 0 Å². The van der Waals surface area contributed by atoms with Crippen LogP contribution in [0.2, 0.25) is 0 Å². The summed E-state index contributed by atoms with van der Waals surface area (Å²) in [4.78, 5) is 13.0. The molecule has 1 amide bonds. The number of benzene rings is 2. The predicted molar refractivity (Wildman–Crippen MR) is 110 cm³/mol. The van der Waals surface area contributed by atoms with Gasteiger partial charge in [0.1, 0.15) is 0 Å². The average molecular weight is 432 g/mol. The van der Waals surface area contributed by atoms with Gasteiger partial charge in [-0.3, -0.25) is 4.79 Å². The molecule has 144 valence electrons. The van der Waals surface area contributed by atoms with Crippen molar-refractivity contribution < 1.29 is 14.3 Å². The Kier molecular flexibility index (Phi) is 6.10. The van der Waals surface area contributed by atoms with E-state index >= 15 is 0 Å². The molecule has 3 rings (SSSR count). The van der Waals surface area contributed by atoms with Gasteiger partial charge in [0.05, 0.1) is 24.7 Å². The number of nitrogens with one attached hydrogen (secondary N) is 1. The van der Waals surface area contributed by atoms with E-state index in [0.717, 1.165) is 34.2 Å². The summed E-state index contributed by atoms with van der Waals surface area (Å²) in [6.45, 7) is 7.05. The maximum Gasteiger partial charge on any atom is 0.231 e. The standard InChI is InChI=1S/C22H26BrNO3/c1-4-26-19-10-9-16(13-20(19)27-5-2)15(3)24-21(25)22(11-12-22)17-7-6-8-18(23)14-17/h6-10,13-15H,4-5,11-12H2,1-3H3,(H,24,25). The van der Waals surface area contributed by atoms with Crippen molar-refractivity contribution >= 4 is 21.8 Å². The van der Waals surface area contributed by atoms with E-state index < -0.39 is 5.41 Å². The molecule has 0 aromatic heterocycles. The number of carbonyl (C=O) groups is 1. The minimum atomic E-state index is -0.397. The molecule has 2 aromatic carbocycles. The van der Waals surface area contributed by atoms with E-state index in [2.05, 4.69) is 21.2 Å². The Labute approximate surface area is 169 Å². The Bertz CT molecular complexity index is 817. The highest BCUT2D eigenvalue weighted by molar-refractivity contribution is 9.10. The molecule has 5 heteroatoms. The SMILES string of the molecule is CCOc1ccc(C(C)NC(=O)C2(c3cccc(Br)c3)CC2)cc1OCC. The van der Waals surface area contributed by atoms with Gasteiger partial charge in [-0.25, -0.2) is 0 Å². The third-order valence-corrected chi connectivity index (χ3v) is 5.47. The Hall–Kier alpha value is -2.01. The summed E-state index contributed by atoms with van der Waals surface area (Å²) in [7, 11) is 0. The van der Waals surface area contributed by atoms with Gasteiger partial charge in [0.2, 0.25) is 5.91 Å². The van der Waals surface area contributed by atoms with E-state index in [4.69, 9.17) is 9.47 Å². The third-order valence-electron chi connectivity index (χ3n) is 4.98. The summed E-state index contributed by atoms with van der Waals surface area (Å²) < 4.78 is 12.3. The van der Waals surface area contributed by atoms with Crippen molar-refractivity contribution in [3.05, 3.63) is 58.1 Å². The van der Waals surface area contributed by atoms with Crippen LogP contribution in [0.5, 0.6) is 11.5 Å². The summed E-state index contributed by atoms with van der Waals surface area (Å²) in [5.74, 6) is 1.53. The van der Waals surface area contributed by atoms with Crippen LogP contribution in [0.1, 0.15) is 50.8 Å². The molecule has 0 bridgehead atoms. The number of ether oxygens (including phenoxy) is 2. The van der Waals surface area contributed by atoms with Crippen molar-refractivity contribution in [3.63, 3.8) is 0 Å². The smallest absolute Gasteiger partial charge is 0.231 e. The second-order valence-electron chi connectivity index (χ2n) is 6.86. The van der Waals surface area contributed by atoms with Crippen LogP contribution in [0.4, 0.5) is 0 Å². The van der Waals surface area contributed by atoms with Crippen molar-refractivity contribution in [1.29, 1.82) is 0 Å². The molecule has 1 N–H and O–H groups in total. The number of hydrogen-bond acceptors (Lipinski definition) is 3. The number of halogens is 1. The van der Waals surface area contributed by atoms with Gasteiger partial charge in [-0.15, -0.1) is 0 Å². The van der Waals surface area contributed by atoms with Gasteiger partial charge in [0.15, 0.2) is 11.5 Å². The Balaban J connectivity index is 1.76. The molecule has 0 radical (unpaired) electrons. The lowest BCUT2D eigenvalue weighted by atomic mass is 9.94. The highest BCUT2D eigenvalue weighted by atomic mass is 79.9. The van der Waals surface area contributed by atoms with Crippen LogP contribution in [-0.4, -0.2) is 19.1 Å². The van der Waals surface area contributed by atoms with Gasteiger partial charge < -0.3 is 14.8 Å². The maximum atomic E-state index is 13.0. The molecule has 1 aliphatic carbocycles. The van der Waals surface area contributed by atoms with E-state index in [-0.39, 0.29) is 11.9 Å². The van der Waals surface area contributed by atoms with Crippen LogP contribution in [-0.2, 0) is 10.2 Å². The summed E-state index contributed by atoms with van der Waals surface area (Å²) in [6.07, 6.45) is 1.77. The van der Waals surface area contributed by atoms with E-state index in [1.807, 2.05) is 63.2 Å². The highest BCUT2D eigenvalue weighted by Crippen LogP contribution is 2.49. The average Bonchev–Trinajstić information content (AvgIpc) is 3.45. The predicted octanol–water partition coefficient (Wildman–Crippen LogP) is 5.16. The topological polar surface area (TPSA) is 47.6 Å². The second-order valence-corrected chi connectivity index (χ2v) is 7.78. The Morgan fingerprint density at radius 3 is 2.44 bits per heavy atom. The Morgan fingerprint density at radius 2 is 1.81 bits per heavy atom. The summed E-state index contributed by atoms with van der Waals surface area (Å²) in [5.41, 5.74) is 1.68. The molecule has 1 fully saturated rings. The van der Waals surface area contributed by atoms with Crippen LogP contribution >= 0.6 is 15.9 Å². The number of hydrogen-bond donors (Lipinski definition) is 1. The molecule has 0 aliphatic heterocycles. The van der Waals surface area contributed by atoms with Gasteiger partial charge >= 0.3 is 0 Å². The summed E-state index contributed by atoms with van der Waals surface area (Å²) >= 11 is 3.50. The molecule has 1 unspecified atom stereocenters. The molecular weight excluding hydrogens is 406 g/mol. The first-order valence-electron chi connectivity index (χ1n) is 9.46. The van der Waals surface area contributed by atoms with Gasteiger partial charge in [0.25, 0.3) is 0 Å². The van der Waals surface area contributed by atoms with Crippen molar-refractivity contribution in [1.82, 2.24) is 5.32 Å². The van der Waals surface area contributed by atoms with E-state index in [9.17, 15) is 4.79 Å². The van der Waals surface area contributed by atoms with Crippen LogP contribution in [0, 0.1) is 0 Å². The lowest BCUT2D eigenvalue weighted by molar-refractivity contribution is -0.124. The van der Waals surface area contributed by atoms with Crippen molar-refractivity contribution in [2.75, 3.05) is 13.2 Å². The summed E-state index contributed by atoms with van der Waals surface area (Å²) in [5, 5.41) is 3.19. The van der Waals surface area contributed by atoms with Crippen LogP contribution in [0.25, 0.3) is 0 Å². The van der Waals surface area contributed by atoms with Gasteiger partial charge in [-0.1, -0.05) is 34.1 Å². The van der Waals surface area contributed by atoms with Crippen LogP contribution < -0.4 is 14.8 Å². The lowest BCUT2D eigenvalue weighted by Crippen LogP contribution is -2.36.